The number of benzene rings is 1. The zero-order valence-electron chi connectivity index (χ0n) is 12.2. The summed E-state index contributed by atoms with van der Waals surface area (Å²) < 4.78 is 0. The summed E-state index contributed by atoms with van der Waals surface area (Å²) in [5.41, 5.74) is 1.84. The van der Waals surface area contributed by atoms with Crippen molar-refractivity contribution in [2.75, 3.05) is 20.1 Å². The van der Waals surface area contributed by atoms with Crippen LogP contribution in [0.15, 0.2) is 24.3 Å². The Morgan fingerprint density at radius 3 is 2.40 bits per heavy atom. The molecule has 110 valence electrons. The number of amides is 1. The molecule has 0 aliphatic heterocycles. The lowest BCUT2D eigenvalue weighted by molar-refractivity contribution is -0.138. The van der Waals surface area contributed by atoms with Crippen LogP contribution in [0.1, 0.15) is 30.9 Å². The second-order valence-corrected chi connectivity index (χ2v) is 4.93. The van der Waals surface area contributed by atoms with E-state index in [1.54, 1.807) is 6.92 Å². The summed E-state index contributed by atoms with van der Waals surface area (Å²) in [5, 5.41) is 11.7. The number of aliphatic carboxylic acids is 1. The van der Waals surface area contributed by atoms with Crippen molar-refractivity contribution in [2.45, 2.75) is 26.3 Å². The van der Waals surface area contributed by atoms with E-state index < -0.39 is 11.9 Å². The summed E-state index contributed by atoms with van der Waals surface area (Å²) >= 11 is 0. The van der Waals surface area contributed by atoms with Gasteiger partial charge in [-0.15, -0.1) is 0 Å². The monoisotopic (exact) mass is 278 g/mol. The molecular weight excluding hydrogens is 256 g/mol. The Bertz CT molecular complexity index is 457. The topological polar surface area (TPSA) is 69.6 Å². The van der Waals surface area contributed by atoms with Gasteiger partial charge in [-0.3, -0.25) is 14.5 Å². The van der Waals surface area contributed by atoms with Crippen molar-refractivity contribution in [2.24, 2.45) is 0 Å². The Hall–Kier alpha value is -1.88. The molecule has 5 nitrogen and oxygen atoms in total. The molecule has 1 aromatic carbocycles. The molecule has 1 rings (SSSR count). The summed E-state index contributed by atoms with van der Waals surface area (Å²) in [4.78, 5) is 24.3. The maximum atomic E-state index is 11.4. The molecule has 2 N–H and O–H groups in total. The van der Waals surface area contributed by atoms with E-state index in [4.69, 9.17) is 5.11 Å². The van der Waals surface area contributed by atoms with Gasteiger partial charge in [-0.25, -0.2) is 0 Å². The third-order valence-electron chi connectivity index (χ3n) is 3.09. The van der Waals surface area contributed by atoms with Gasteiger partial charge in [0.15, 0.2) is 0 Å². The van der Waals surface area contributed by atoms with Gasteiger partial charge in [-0.1, -0.05) is 24.3 Å². The van der Waals surface area contributed by atoms with Crippen LogP contribution in [-0.2, 0) is 16.1 Å². The lowest BCUT2D eigenvalue weighted by Gasteiger charge is -2.16. The van der Waals surface area contributed by atoms with Crippen LogP contribution in [0.4, 0.5) is 0 Å². The second kappa shape index (κ2) is 7.65. The van der Waals surface area contributed by atoms with Gasteiger partial charge in [0.2, 0.25) is 5.91 Å². The molecule has 0 heterocycles. The van der Waals surface area contributed by atoms with E-state index >= 15 is 0 Å². The maximum absolute atomic E-state index is 11.4. The van der Waals surface area contributed by atoms with Gasteiger partial charge in [0.25, 0.3) is 0 Å². The maximum Gasteiger partial charge on any atom is 0.310 e. The molecule has 20 heavy (non-hydrogen) atoms. The van der Waals surface area contributed by atoms with Gasteiger partial charge in [-0.2, -0.15) is 0 Å². The third-order valence-corrected chi connectivity index (χ3v) is 3.09. The highest BCUT2D eigenvalue weighted by Crippen LogP contribution is 2.16. The van der Waals surface area contributed by atoms with Crippen molar-refractivity contribution in [3.8, 4) is 0 Å². The van der Waals surface area contributed by atoms with E-state index in [9.17, 15) is 9.59 Å². The molecule has 1 aromatic rings. The molecule has 0 fully saturated rings. The van der Waals surface area contributed by atoms with Crippen molar-refractivity contribution < 1.29 is 14.7 Å². The second-order valence-electron chi connectivity index (χ2n) is 4.93. The molecule has 0 radical (unpaired) electrons. The number of rotatable bonds is 7. The fourth-order valence-corrected chi connectivity index (χ4v) is 1.92. The Kier molecular flexibility index (Phi) is 6.18. The first-order chi connectivity index (χ1) is 9.43. The summed E-state index contributed by atoms with van der Waals surface area (Å²) in [6.45, 7) is 5.19. The molecule has 0 saturated heterocycles. The molecule has 0 saturated carbocycles. The smallest absolute Gasteiger partial charge is 0.310 e. The summed E-state index contributed by atoms with van der Waals surface area (Å²) in [6.07, 6.45) is 0. The minimum Gasteiger partial charge on any atom is -0.481 e. The zero-order chi connectivity index (χ0) is 15.1. The highest BCUT2D eigenvalue weighted by Gasteiger charge is 2.13. The highest BCUT2D eigenvalue weighted by molar-refractivity contribution is 5.77. The van der Waals surface area contributed by atoms with Crippen LogP contribution in [0, 0.1) is 0 Å². The average Bonchev–Trinajstić information content (AvgIpc) is 2.38. The molecule has 1 unspecified atom stereocenters. The van der Waals surface area contributed by atoms with Crippen molar-refractivity contribution in [1.29, 1.82) is 0 Å². The lowest BCUT2D eigenvalue weighted by Crippen LogP contribution is -2.34. The van der Waals surface area contributed by atoms with Gasteiger partial charge in [0.05, 0.1) is 12.5 Å². The van der Waals surface area contributed by atoms with Crippen molar-refractivity contribution >= 4 is 11.9 Å². The molecule has 0 aromatic heterocycles. The number of carbonyl (C=O) groups excluding carboxylic acids is 1. The minimum absolute atomic E-state index is 0.00567. The summed E-state index contributed by atoms with van der Waals surface area (Å²) in [6, 6.07) is 7.47. The minimum atomic E-state index is -0.828. The summed E-state index contributed by atoms with van der Waals surface area (Å²) in [7, 11) is 1.88. The van der Waals surface area contributed by atoms with Gasteiger partial charge < -0.3 is 10.4 Å². The van der Waals surface area contributed by atoms with Crippen LogP contribution in [0.25, 0.3) is 0 Å². The molecule has 0 bridgehead atoms. The fraction of sp³-hybridized carbons (Fsp3) is 0.467. The molecule has 1 atom stereocenters. The first-order valence-corrected chi connectivity index (χ1v) is 6.71. The quantitative estimate of drug-likeness (QED) is 0.792. The number of hydrogen-bond donors (Lipinski definition) is 2. The first-order valence-electron chi connectivity index (χ1n) is 6.71. The van der Waals surface area contributed by atoms with Crippen LogP contribution in [-0.4, -0.2) is 42.0 Å². The van der Waals surface area contributed by atoms with Gasteiger partial charge >= 0.3 is 5.97 Å². The number of nitrogens with zero attached hydrogens (tertiary/aromatic N) is 1. The first kappa shape index (κ1) is 16.2. The van der Waals surface area contributed by atoms with Crippen molar-refractivity contribution in [1.82, 2.24) is 10.2 Å². The predicted molar refractivity (Wildman–Crippen MR) is 77.5 cm³/mol. The number of nitrogens with one attached hydrogen (secondary N) is 1. The Labute approximate surface area is 119 Å². The standard InChI is InChI=1S/C15H22N2O3/c1-4-16-14(18)10-17(3)9-12-5-7-13(8-6-12)11(2)15(19)20/h5-8,11H,4,9-10H2,1-3H3,(H,16,18)(H,19,20). The predicted octanol–water partition coefficient (Wildman–Crippen LogP) is 1.44. The third kappa shape index (κ3) is 5.01. The van der Waals surface area contributed by atoms with E-state index in [0.717, 1.165) is 11.1 Å². The number of likely N-dealkylation sites (N-methyl/N-ethyl adjacent to an activating group) is 2. The largest absolute Gasteiger partial charge is 0.481 e. The SMILES string of the molecule is CCNC(=O)CN(C)Cc1ccc(C(C)C(=O)O)cc1. The number of hydrogen-bond acceptors (Lipinski definition) is 3. The van der Waals surface area contributed by atoms with E-state index in [0.29, 0.717) is 19.6 Å². The van der Waals surface area contributed by atoms with E-state index in [-0.39, 0.29) is 5.91 Å². The molecule has 0 aliphatic carbocycles. The van der Waals surface area contributed by atoms with Gasteiger partial charge in [-0.05, 0) is 32.0 Å². The van der Waals surface area contributed by atoms with Gasteiger partial charge in [0, 0.05) is 13.1 Å². The molecule has 0 aliphatic rings. The normalized spacial score (nSPS) is 12.2. The van der Waals surface area contributed by atoms with Crippen molar-refractivity contribution in [3.63, 3.8) is 0 Å². The number of carboxylic acids is 1. The summed E-state index contributed by atoms with van der Waals surface area (Å²) in [5.74, 6) is -1.32. The van der Waals surface area contributed by atoms with Crippen LogP contribution in [0.5, 0.6) is 0 Å². The van der Waals surface area contributed by atoms with E-state index in [1.807, 2.05) is 43.1 Å². The van der Waals surface area contributed by atoms with Crippen LogP contribution < -0.4 is 5.32 Å². The Balaban J connectivity index is 2.57. The van der Waals surface area contributed by atoms with Gasteiger partial charge in [0.1, 0.15) is 0 Å². The highest BCUT2D eigenvalue weighted by atomic mass is 16.4. The van der Waals surface area contributed by atoms with E-state index in [1.165, 1.54) is 0 Å². The van der Waals surface area contributed by atoms with E-state index in [2.05, 4.69) is 5.32 Å². The number of carbonyl (C=O) groups is 2. The van der Waals surface area contributed by atoms with Crippen LogP contribution in [0.2, 0.25) is 0 Å². The zero-order valence-corrected chi connectivity index (χ0v) is 12.2. The Morgan fingerprint density at radius 1 is 1.30 bits per heavy atom. The molecular formula is C15H22N2O3. The number of carboxylic acid groups (broad SMARTS) is 1. The van der Waals surface area contributed by atoms with Crippen LogP contribution >= 0.6 is 0 Å². The lowest BCUT2D eigenvalue weighted by atomic mass is 10.00. The fourth-order valence-electron chi connectivity index (χ4n) is 1.92. The Morgan fingerprint density at radius 2 is 1.90 bits per heavy atom. The molecule has 0 spiro atoms. The van der Waals surface area contributed by atoms with Crippen molar-refractivity contribution in [3.05, 3.63) is 35.4 Å². The average molecular weight is 278 g/mol. The van der Waals surface area contributed by atoms with Crippen LogP contribution in [0.3, 0.4) is 0 Å². The molecule has 1 amide bonds. The molecule has 5 heteroatoms.